The fraction of sp³-hybridized carbons (Fsp3) is 0.429. The number of aliphatic carboxylic acids is 1. The number of carbonyl (C=O) groups is 2. The number of anilines is 1. The summed E-state index contributed by atoms with van der Waals surface area (Å²) < 4.78 is 0. The van der Waals surface area contributed by atoms with E-state index in [1.807, 2.05) is 20.8 Å². The smallest absolute Gasteiger partial charge is 0.322 e. The minimum Gasteiger partial charge on any atom is -0.481 e. The molecule has 1 aromatic rings. The number of hydrogen-bond donors (Lipinski definition) is 2. The Hall–Kier alpha value is -2.04. The van der Waals surface area contributed by atoms with Crippen molar-refractivity contribution in [3.8, 4) is 0 Å². The van der Waals surface area contributed by atoms with Gasteiger partial charge in [-0.15, -0.1) is 0 Å². The highest BCUT2D eigenvalue weighted by Gasteiger charge is 2.14. The van der Waals surface area contributed by atoms with E-state index in [0.29, 0.717) is 17.8 Å². The summed E-state index contributed by atoms with van der Waals surface area (Å²) in [4.78, 5) is 24.2. The molecular weight excluding hydrogens is 244 g/mol. The fourth-order valence-corrected chi connectivity index (χ4v) is 1.82. The number of hydrogen-bond acceptors (Lipinski definition) is 2. The van der Waals surface area contributed by atoms with E-state index in [1.54, 1.807) is 29.2 Å². The summed E-state index contributed by atoms with van der Waals surface area (Å²) in [6, 6.07) is 6.82. The van der Waals surface area contributed by atoms with Crippen molar-refractivity contribution < 1.29 is 14.7 Å². The summed E-state index contributed by atoms with van der Waals surface area (Å²) in [5, 5.41) is 11.5. The van der Waals surface area contributed by atoms with Crippen LogP contribution in [0.2, 0.25) is 0 Å². The third kappa shape index (κ3) is 4.62. The summed E-state index contributed by atoms with van der Waals surface area (Å²) in [5.74, 6) is -0.867. The van der Waals surface area contributed by atoms with Crippen molar-refractivity contribution in [2.75, 3.05) is 11.9 Å². The highest BCUT2D eigenvalue weighted by Crippen LogP contribution is 2.11. The van der Waals surface area contributed by atoms with Crippen molar-refractivity contribution in [1.29, 1.82) is 0 Å². The van der Waals surface area contributed by atoms with Gasteiger partial charge in [-0.25, -0.2) is 4.79 Å². The van der Waals surface area contributed by atoms with Crippen molar-refractivity contribution in [3.05, 3.63) is 29.8 Å². The van der Waals surface area contributed by atoms with E-state index in [9.17, 15) is 9.59 Å². The fourth-order valence-electron chi connectivity index (χ4n) is 1.82. The second-order valence-corrected chi connectivity index (χ2v) is 4.58. The van der Waals surface area contributed by atoms with Crippen LogP contribution in [-0.4, -0.2) is 34.6 Å². The van der Waals surface area contributed by atoms with Crippen LogP contribution < -0.4 is 5.32 Å². The minimum absolute atomic E-state index is 0.0126. The second kappa shape index (κ2) is 6.78. The highest BCUT2D eigenvalue weighted by molar-refractivity contribution is 5.89. The number of nitrogens with zero attached hydrogens (tertiary/aromatic N) is 1. The molecule has 1 rings (SSSR count). The van der Waals surface area contributed by atoms with Gasteiger partial charge in [0.25, 0.3) is 0 Å². The molecule has 0 spiro atoms. The van der Waals surface area contributed by atoms with Crippen LogP contribution >= 0.6 is 0 Å². The maximum Gasteiger partial charge on any atom is 0.322 e. The Morgan fingerprint density at radius 2 is 1.84 bits per heavy atom. The van der Waals surface area contributed by atoms with Crippen molar-refractivity contribution >= 4 is 17.7 Å². The number of carbonyl (C=O) groups excluding carboxylic acids is 1. The first kappa shape index (κ1) is 15.0. The molecule has 2 N–H and O–H groups in total. The molecule has 0 aliphatic rings. The Balaban J connectivity index is 2.67. The predicted octanol–water partition coefficient (Wildman–Crippen LogP) is 2.58. The normalized spacial score (nSPS) is 10.3. The van der Waals surface area contributed by atoms with Crippen LogP contribution in [0, 0.1) is 0 Å². The first-order chi connectivity index (χ1) is 8.93. The first-order valence-corrected chi connectivity index (χ1v) is 6.32. The average Bonchev–Trinajstić information content (AvgIpc) is 2.31. The Kier molecular flexibility index (Phi) is 5.36. The molecule has 0 saturated heterocycles. The maximum atomic E-state index is 12.0. The summed E-state index contributed by atoms with van der Waals surface area (Å²) in [6.45, 7) is 6.48. The monoisotopic (exact) mass is 264 g/mol. The summed E-state index contributed by atoms with van der Waals surface area (Å²) in [6.07, 6.45) is -0.0126. The lowest BCUT2D eigenvalue weighted by atomic mass is 10.1. The number of rotatable bonds is 5. The highest BCUT2D eigenvalue weighted by atomic mass is 16.4. The number of benzene rings is 1. The third-order valence-electron chi connectivity index (χ3n) is 2.79. The zero-order valence-corrected chi connectivity index (χ0v) is 11.5. The molecule has 5 heteroatoms. The van der Waals surface area contributed by atoms with E-state index in [0.717, 1.165) is 0 Å². The largest absolute Gasteiger partial charge is 0.481 e. The molecule has 0 saturated carbocycles. The summed E-state index contributed by atoms with van der Waals surface area (Å²) in [7, 11) is 0. The van der Waals surface area contributed by atoms with Gasteiger partial charge in [-0.2, -0.15) is 0 Å². The number of carboxylic acid groups (broad SMARTS) is 1. The third-order valence-corrected chi connectivity index (χ3v) is 2.79. The van der Waals surface area contributed by atoms with Crippen LogP contribution in [0.5, 0.6) is 0 Å². The standard InChI is InChI=1S/C14H20N2O3/c1-4-16(10(2)3)14(19)15-12-7-5-11(6-8-12)9-13(17)18/h5-8,10H,4,9H2,1-3H3,(H,15,19)(H,17,18). The lowest BCUT2D eigenvalue weighted by molar-refractivity contribution is -0.136. The molecule has 0 bridgehead atoms. The summed E-state index contributed by atoms with van der Waals surface area (Å²) >= 11 is 0. The van der Waals surface area contributed by atoms with Crippen molar-refractivity contribution in [2.24, 2.45) is 0 Å². The van der Waals surface area contributed by atoms with Crippen molar-refractivity contribution in [1.82, 2.24) is 4.90 Å². The van der Waals surface area contributed by atoms with Crippen LogP contribution in [-0.2, 0) is 11.2 Å². The van der Waals surface area contributed by atoms with Gasteiger partial charge in [0.2, 0.25) is 0 Å². The number of urea groups is 1. The van der Waals surface area contributed by atoms with E-state index in [2.05, 4.69) is 5.32 Å². The zero-order chi connectivity index (χ0) is 14.4. The van der Waals surface area contributed by atoms with Gasteiger partial charge >= 0.3 is 12.0 Å². The first-order valence-electron chi connectivity index (χ1n) is 6.32. The van der Waals surface area contributed by atoms with Gasteiger partial charge in [0.1, 0.15) is 0 Å². The lowest BCUT2D eigenvalue weighted by Crippen LogP contribution is -2.39. The molecule has 0 atom stereocenters. The topological polar surface area (TPSA) is 69.6 Å². The number of carboxylic acids is 1. The Labute approximate surface area is 113 Å². The van der Waals surface area contributed by atoms with Crippen LogP contribution in [0.3, 0.4) is 0 Å². The van der Waals surface area contributed by atoms with Gasteiger partial charge in [0, 0.05) is 18.3 Å². The van der Waals surface area contributed by atoms with E-state index < -0.39 is 5.97 Å². The van der Waals surface area contributed by atoms with E-state index in [4.69, 9.17) is 5.11 Å². The van der Waals surface area contributed by atoms with Crippen LogP contribution in [0.4, 0.5) is 10.5 Å². The second-order valence-electron chi connectivity index (χ2n) is 4.58. The van der Waals surface area contributed by atoms with Crippen LogP contribution in [0.25, 0.3) is 0 Å². The molecule has 19 heavy (non-hydrogen) atoms. The molecule has 1 aromatic carbocycles. The molecule has 104 valence electrons. The van der Waals surface area contributed by atoms with Crippen molar-refractivity contribution in [2.45, 2.75) is 33.2 Å². The van der Waals surface area contributed by atoms with Gasteiger partial charge in [-0.05, 0) is 38.5 Å². The molecule has 2 amide bonds. The van der Waals surface area contributed by atoms with Crippen LogP contribution in [0.1, 0.15) is 26.3 Å². The van der Waals surface area contributed by atoms with Crippen molar-refractivity contribution in [3.63, 3.8) is 0 Å². The molecule has 0 unspecified atom stereocenters. The van der Waals surface area contributed by atoms with E-state index in [1.165, 1.54) is 0 Å². The number of nitrogens with one attached hydrogen (secondary N) is 1. The lowest BCUT2D eigenvalue weighted by Gasteiger charge is -2.25. The quantitative estimate of drug-likeness (QED) is 0.858. The van der Waals surface area contributed by atoms with Crippen LogP contribution in [0.15, 0.2) is 24.3 Å². The summed E-state index contributed by atoms with van der Waals surface area (Å²) in [5.41, 5.74) is 1.37. The molecule has 0 radical (unpaired) electrons. The van der Waals surface area contributed by atoms with E-state index in [-0.39, 0.29) is 18.5 Å². The SMILES string of the molecule is CCN(C(=O)Nc1ccc(CC(=O)O)cc1)C(C)C. The maximum absolute atomic E-state index is 12.0. The zero-order valence-electron chi connectivity index (χ0n) is 11.5. The Morgan fingerprint density at radius 3 is 2.26 bits per heavy atom. The molecule has 0 aliphatic carbocycles. The molecular formula is C14H20N2O3. The average molecular weight is 264 g/mol. The predicted molar refractivity (Wildman–Crippen MR) is 74.3 cm³/mol. The van der Waals surface area contributed by atoms with Gasteiger partial charge < -0.3 is 15.3 Å². The van der Waals surface area contributed by atoms with Gasteiger partial charge in [0.05, 0.1) is 6.42 Å². The molecule has 0 aliphatic heterocycles. The molecule has 0 aromatic heterocycles. The van der Waals surface area contributed by atoms with Gasteiger partial charge in [0.15, 0.2) is 0 Å². The van der Waals surface area contributed by atoms with Gasteiger partial charge in [-0.3, -0.25) is 4.79 Å². The Morgan fingerprint density at radius 1 is 1.26 bits per heavy atom. The molecule has 5 nitrogen and oxygen atoms in total. The molecule has 0 heterocycles. The number of amides is 2. The van der Waals surface area contributed by atoms with Gasteiger partial charge in [-0.1, -0.05) is 12.1 Å². The Bertz CT molecular complexity index is 441. The minimum atomic E-state index is -0.867. The molecule has 0 fully saturated rings. The van der Waals surface area contributed by atoms with E-state index >= 15 is 0 Å².